The van der Waals surface area contributed by atoms with E-state index in [1.54, 1.807) is 0 Å². The Bertz CT molecular complexity index is 604. The fourth-order valence-corrected chi connectivity index (χ4v) is 1.96. The van der Waals surface area contributed by atoms with E-state index < -0.39 is 0 Å². The van der Waals surface area contributed by atoms with Gasteiger partial charge in [0.05, 0.1) is 28.7 Å². The molecule has 0 saturated heterocycles. The lowest BCUT2D eigenvalue weighted by Crippen LogP contribution is -2.31. The Kier molecular flexibility index (Phi) is 1.63. The molecule has 1 aromatic carbocycles. The third kappa shape index (κ3) is 1.15. The van der Waals surface area contributed by atoms with Crippen LogP contribution in [-0.2, 0) is 0 Å². The summed E-state index contributed by atoms with van der Waals surface area (Å²) in [5.74, 6) is -0.0678. The van der Waals surface area contributed by atoms with Crippen molar-refractivity contribution < 1.29 is 0 Å². The molecule has 0 amide bonds. The zero-order valence-corrected chi connectivity index (χ0v) is 8.07. The highest BCUT2D eigenvalue weighted by Gasteiger charge is 2.19. The van der Waals surface area contributed by atoms with E-state index >= 15 is 0 Å². The van der Waals surface area contributed by atoms with Crippen LogP contribution in [0.5, 0.6) is 0 Å². The summed E-state index contributed by atoms with van der Waals surface area (Å²) >= 11 is 0. The molecule has 2 aliphatic heterocycles. The van der Waals surface area contributed by atoms with Gasteiger partial charge in [0.25, 0.3) is 0 Å². The summed E-state index contributed by atoms with van der Waals surface area (Å²) in [6, 6.07) is 10.2. The largest absolute Gasteiger partial charge is 0.381 e. The average molecular weight is 195 g/mol. The fourth-order valence-electron chi connectivity index (χ4n) is 1.96. The van der Waals surface area contributed by atoms with Gasteiger partial charge in [0.1, 0.15) is 0 Å². The van der Waals surface area contributed by atoms with E-state index in [1.807, 2.05) is 24.3 Å². The third-order valence-corrected chi connectivity index (χ3v) is 2.69. The summed E-state index contributed by atoms with van der Waals surface area (Å²) in [6.45, 7) is 0.680. The number of nitrogens with zero attached hydrogens (tertiary/aromatic N) is 2. The molecule has 15 heavy (non-hydrogen) atoms. The second kappa shape index (κ2) is 2.96. The SMILES string of the molecule is N#CC1C=C2N=c3ccccc3=C2NC1. The average Bonchev–Trinajstić information content (AvgIpc) is 2.66. The molecule has 1 atom stereocenters. The second-order valence-corrected chi connectivity index (χ2v) is 3.67. The van der Waals surface area contributed by atoms with E-state index in [4.69, 9.17) is 5.26 Å². The quantitative estimate of drug-likeness (QED) is 0.636. The molecule has 0 aliphatic carbocycles. The van der Waals surface area contributed by atoms with Crippen LogP contribution >= 0.6 is 0 Å². The Morgan fingerprint density at radius 2 is 2.27 bits per heavy atom. The Morgan fingerprint density at radius 3 is 3.13 bits per heavy atom. The summed E-state index contributed by atoms with van der Waals surface area (Å²) in [4.78, 5) is 4.48. The Balaban J connectivity index is 2.27. The maximum atomic E-state index is 8.84. The smallest absolute Gasteiger partial charge is 0.0849 e. The molecular formula is C12H9N3. The van der Waals surface area contributed by atoms with Crippen LogP contribution < -0.4 is 15.9 Å². The number of hydrogen-bond donors (Lipinski definition) is 1. The Morgan fingerprint density at radius 1 is 1.40 bits per heavy atom. The molecule has 0 fully saturated rings. The lowest BCUT2D eigenvalue weighted by Gasteiger charge is -2.16. The van der Waals surface area contributed by atoms with Gasteiger partial charge in [-0.15, -0.1) is 0 Å². The fraction of sp³-hybridized carbons (Fsp3) is 0.167. The molecule has 0 spiro atoms. The standard InChI is InChI=1S/C12H9N3/c13-6-8-5-11-12(14-7-8)9-3-1-2-4-10(9)15-11/h1-5,8,14H,7H2. The van der Waals surface area contributed by atoms with E-state index in [1.165, 1.54) is 0 Å². The predicted octanol–water partition coefficient (Wildman–Crippen LogP) is 0.0549. The van der Waals surface area contributed by atoms with Gasteiger partial charge in [-0.1, -0.05) is 18.2 Å². The van der Waals surface area contributed by atoms with Gasteiger partial charge in [-0.25, -0.2) is 4.99 Å². The minimum Gasteiger partial charge on any atom is -0.381 e. The number of para-hydroxylation sites is 1. The molecule has 3 nitrogen and oxygen atoms in total. The van der Waals surface area contributed by atoms with Gasteiger partial charge >= 0.3 is 0 Å². The zero-order valence-electron chi connectivity index (χ0n) is 8.07. The van der Waals surface area contributed by atoms with Crippen LogP contribution in [0.25, 0.3) is 5.70 Å². The minimum atomic E-state index is -0.0678. The van der Waals surface area contributed by atoms with E-state index in [0.29, 0.717) is 6.54 Å². The van der Waals surface area contributed by atoms with E-state index in [9.17, 15) is 0 Å². The summed E-state index contributed by atoms with van der Waals surface area (Å²) in [7, 11) is 0. The third-order valence-electron chi connectivity index (χ3n) is 2.69. The van der Waals surface area contributed by atoms with Gasteiger partial charge in [0.2, 0.25) is 0 Å². The topological polar surface area (TPSA) is 48.2 Å². The Hall–Kier alpha value is -2.08. The van der Waals surface area contributed by atoms with Crippen molar-refractivity contribution in [3.8, 4) is 6.07 Å². The van der Waals surface area contributed by atoms with Crippen molar-refractivity contribution >= 4 is 5.70 Å². The molecule has 0 aromatic heterocycles. The summed E-state index contributed by atoms with van der Waals surface area (Å²) in [6.07, 6.45) is 1.94. The van der Waals surface area contributed by atoms with Gasteiger partial charge in [-0.05, 0) is 12.1 Å². The first-order valence-corrected chi connectivity index (χ1v) is 4.92. The van der Waals surface area contributed by atoms with Crippen LogP contribution in [0.15, 0.2) is 41.0 Å². The number of nitriles is 1. The molecule has 3 rings (SSSR count). The van der Waals surface area contributed by atoms with Crippen LogP contribution in [0.2, 0.25) is 0 Å². The lowest BCUT2D eigenvalue weighted by atomic mass is 10.0. The van der Waals surface area contributed by atoms with Crippen molar-refractivity contribution in [2.45, 2.75) is 0 Å². The number of fused-ring (bicyclic) bond motifs is 2. The van der Waals surface area contributed by atoms with Crippen molar-refractivity contribution in [3.05, 3.63) is 46.6 Å². The molecule has 1 N–H and O–H groups in total. The molecule has 2 heterocycles. The van der Waals surface area contributed by atoms with E-state index in [0.717, 1.165) is 22.0 Å². The summed E-state index contributed by atoms with van der Waals surface area (Å²) in [5.41, 5.74) is 1.98. The number of nitrogens with one attached hydrogen (secondary N) is 1. The predicted molar refractivity (Wildman–Crippen MR) is 55.8 cm³/mol. The first kappa shape index (κ1) is 8.25. The zero-order chi connectivity index (χ0) is 10.3. The lowest BCUT2D eigenvalue weighted by molar-refractivity contribution is 0.722. The highest BCUT2D eigenvalue weighted by Crippen LogP contribution is 2.18. The van der Waals surface area contributed by atoms with Gasteiger partial charge in [-0.2, -0.15) is 5.26 Å². The number of benzene rings is 1. The molecule has 2 aliphatic rings. The van der Waals surface area contributed by atoms with Crippen LogP contribution in [0.3, 0.4) is 0 Å². The Labute approximate surface area is 87.1 Å². The minimum absolute atomic E-state index is 0.0678. The van der Waals surface area contributed by atoms with Crippen LogP contribution in [0.4, 0.5) is 0 Å². The summed E-state index contributed by atoms with van der Waals surface area (Å²) in [5, 5.41) is 14.2. The summed E-state index contributed by atoms with van der Waals surface area (Å²) < 4.78 is 0. The van der Waals surface area contributed by atoms with Gasteiger partial charge in [-0.3, -0.25) is 0 Å². The molecule has 0 bridgehead atoms. The maximum Gasteiger partial charge on any atom is 0.0849 e. The maximum absolute atomic E-state index is 8.84. The number of rotatable bonds is 0. The van der Waals surface area contributed by atoms with Crippen molar-refractivity contribution in [2.24, 2.45) is 10.9 Å². The van der Waals surface area contributed by atoms with Crippen LogP contribution in [0.1, 0.15) is 0 Å². The van der Waals surface area contributed by atoms with Crippen LogP contribution in [-0.4, -0.2) is 6.54 Å². The molecule has 72 valence electrons. The van der Waals surface area contributed by atoms with E-state index in [-0.39, 0.29) is 5.92 Å². The highest BCUT2D eigenvalue weighted by atomic mass is 15.0. The monoisotopic (exact) mass is 195 g/mol. The molecule has 0 saturated carbocycles. The molecule has 0 radical (unpaired) electrons. The molecule has 3 heteroatoms. The number of hydrogen-bond acceptors (Lipinski definition) is 3. The molecule has 1 aromatic rings. The normalized spacial score (nSPS) is 21.7. The molecule has 1 unspecified atom stereocenters. The molecular weight excluding hydrogens is 186 g/mol. The van der Waals surface area contributed by atoms with Gasteiger partial charge in [0, 0.05) is 11.8 Å². The van der Waals surface area contributed by atoms with Gasteiger partial charge in [0.15, 0.2) is 0 Å². The highest BCUT2D eigenvalue weighted by molar-refractivity contribution is 5.65. The first-order chi connectivity index (χ1) is 7.38. The van der Waals surface area contributed by atoms with Crippen LogP contribution in [0, 0.1) is 17.2 Å². The van der Waals surface area contributed by atoms with Crippen molar-refractivity contribution in [2.75, 3.05) is 6.54 Å². The van der Waals surface area contributed by atoms with Crippen molar-refractivity contribution in [1.29, 1.82) is 5.26 Å². The van der Waals surface area contributed by atoms with Crippen molar-refractivity contribution in [1.82, 2.24) is 5.32 Å². The van der Waals surface area contributed by atoms with Crippen molar-refractivity contribution in [3.63, 3.8) is 0 Å². The first-order valence-electron chi connectivity index (χ1n) is 4.92. The van der Waals surface area contributed by atoms with Gasteiger partial charge < -0.3 is 5.32 Å². The second-order valence-electron chi connectivity index (χ2n) is 3.67. The van der Waals surface area contributed by atoms with E-state index in [2.05, 4.69) is 22.4 Å².